The summed E-state index contributed by atoms with van der Waals surface area (Å²) in [5, 5.41) is 12.3. The third-order valence-electron chi connectivity index (χ3n) is 7.62. The number of hydrogen-bond acceptors (Lipinski definition) is 5. The molecule has 4 aromatic carbocycles. The highest BCUT2D eigenvalue weighted by Crippen LogP contribution is 2.52. The SMILES string of the molecule is Cc1ccc(C(=O)[C@H]2S[C@@H](C(=O)c3ccc(C)cc3)[C@H](c3ccc(Cl)cc3)C([N+](=O)[O-])[C@@H]2c2ccc(Cl)cc2)cc1. The quantitative estimate of drug-likeness (QED) is 0.120. The second-order valence-corrected chi connectivity index (χ2v) is 12.5. The highest BCUT2D eigenvalue weighted by atomic mass is 35.5. The summed E-state index contributed by atoms with van der Waals surface area (Å²) in [7, 11) is 0. The van der Waals surface area contributed by atoms with Crippen LogP contribution in [0.4, 0.5) is 0 Å². The van der Waals surface area contributed by atoms with Crippen LogP contribution >= 0.6 is 35.0 Å². The third kappa shape index (κ3) is 6.10. The number of Topliss-reactive ketones (excluding diaryl/α,β-unsaturated/α-hetero) is 2. The molecule has 0 spiro atoms. The average molecular weight is 605 g/mol. The molecular formula is C33H27Cl2NO4S. The Morgan fingerprint density at radius 3 is 1.29 bits per heavy atom. The van der Waals surface area contributed by atoms with Crippen LogP contribution in [-0.2, 0) is 0 Å². The minimum atomic E-state index is -1.28. The average Bonchev–Trinajstić information content (AvgIpc) is 2.97. The number of carbonyl (C=O) groups excluding carboxylic acids is 2. The molecule has 1 aliphatic heterocycles. The fourth-order valence-electron chi connectivity index (χ4n) is 5.50. The Bertz CT molecular complexity index is 1460. The van der Waals surface area contributed by atoms with Gasteiger partial charge >= 0.3 is 0 Å². The standard InChI is InChI=1S/C33H27Cl2NO4S/c1-19-3-7-23(8-4-19)30(37)32-27(21-11-15-25(34)16-12-21)29(36(39)40)28(22-13-17-26(35)18-14-22)33(41-32)31(38)24-9-5-20(2)6-10-24/h3-18,27-29,32-33H,1-2H3/t27-,28+,29?,32-,33+. The van der Waals surface area contributed by atoms with E-state index in [0.29, 0.717) is 32.3 Å². The number of nitro groups is 1. The molecule has 0 bridgehead atoms. The van der Waals surface area contributed by atoms with Gasteiger partial charge in [0.1, 0.15) is 0 Å². The summed E-state index contributed by atoms with van der Waals surface area (Å²) in [6, 6.07) is 26.7. The summed E-state index contributed by atoms with van der Waals surface area (Å²) in [6.07, 6.45) is 0. The van der Waals surface area contributed by atoms with Crippen molar-refractivity contribution < 1.29 is 14.5 Å². The Balaban J connectivity index is 1.71. The number of hydrogen-bond donors (Lipinski definition) is 0. The van der Waals surface area contributed by atoms with Gasteiger partial charge in [-0.3, -0.25) is 19.7 Å². The number of aryl methyl sites for hydroxylation is 2. The van der Waals surface area contributed by atoms with Crippen molar-refractivity contribution in [2.45, 2.75) is 42.2 Å². The van der Waals surface area contributed by atoms with Gasteiger partial charge in [0.2, 0.25) is 6.04 Å². The summed E-state index contributed by atoms with van der Waals surface area (Å²) >= 11 is 13.6. The molecular weight excluding hydrogens is 577 g/mol. The number of rotatable bonds is 7. The van der Waals surface area contributed by atoms with Gasteiger partial charge in [-0.1, -0.05) is 107 Å². The van der Waals surface area contributed by atoms with Crippen molar-refractivity contribution in [3.05, 3.63) is 151 Å². The van der Waals surface area contributed by atoms with Crippen molar-refractivity contribution >= 4 is 46.5 Å². The van der Waals surface area contributed by atoms with Crippen LogP contribution < -0.4 is 0 Å². The van der Waals surface area contributed by atoms with Gasteiger partial charge < -0.3 is 0 Å². The Labute approximate surface area is 253 Å². The van der Waals surface area contributed by atoms with Crippen LogP contribution in [0.25, 0.3) is 0 Å². The van der Waals surface area contributed by atoms with E-state index in [4.69, 9.17) is 23.2 Å². The van der Waals surface area contributed by atoms with Crippen LogP contribution in [0.5, 0.6) is 0 Å². The van der Waals surface area contributed by atoms with Crippen molar-refractivity contribution in [2.24, 2.45) is 0 Å². The normalized spacial score (nSPS) is 22.2. The van der Waals surface area contributed by atoms with E-state index in [-0.39, 0.29) is 16.5 Å². The third-order valence-corrected chi connectivity index (χ3v) is 9.73. The van der Waals surface area contributed by atoms with Crippen LogP contribution in [0.1, 0.15) is 54.8 Å². The molecule has 1 unspecified atom stereocenters. The van der Waals surface area contributed by atoms with E-state index in [9.17, 15) is 19.7 Å². The zero-order valence-electron chi connectivity index (χ0n) is 22.4. The van der Waals surface area contributed by atoms with E-state index >= 15 is 0 Å². The van der Waals surface area contributed by atoms with Crippen molar-refractivity contribution in [3.63, 3.8) is 0 Å². The number of thioether (sulfide) groups is 1. The molecule has 41 heavy (non-hydrogen) atoms. The van der Waals surface area contributed by atoms with Crippen LogP contribution in [-0.4, -0.2) is 33.0 Å². The molecule has 8 heteroatoms. The van der Waals surface area contributed by atoms with Crippen LogP contribution in [0.2, 0.25) is 10.0 Å². The van der Waals surface area contributed by atoms with Crippen LogP contribution in [0.3, 0.4) is 0 Å². The largest absolute Gasteiger partial charge is 0.293 e. The summed E-state index contributed by atoms with van der Waals surface area (Å²) in [6.45, 7) is 3.85. The zero-order valence-corrected chi connectivity index (χ0v) is 24.7. The van der Waals surface area contributed by atoms with E-state index in [1.807, 2.05) is 38.1 Å². The Hall–Kier alpha value is -3.45. The molecule has 1 saturated heterocycles. The summed E-state index contributed by atoms with van der Waals surface area (Å²) in [5.41, 5.74) is 4.11. The lowest BCUT2D eigenvalue weighted by atomic mass is 9.74. The molecule has 5 nitrogen and oxygen atoms in total. The monoisotopic (exact) mass is 603 g/mol. The number of halogens is 2. The molecule has 1 aliphatic rings. The molecule has 0 aromatic heterocycles. The van der Waals surface area contributed by atoms with Gasteiger partial charge in [0.25, 0.3) is 0 Å². The number of ketones is 2. The zero-order chi connectivity index (χ0) is 29.3. The number of carbonyl (C=O) groups is 2. The molecule has 0 N–H and O–H groups in total. The molecule has 0 radical (unpaired) electrons. The predicted molar refractivity (Wildman–Crippen MR) is 165 cm³/mol. The molecule has 5 rings (SSSR count). The lowest BCUT2D eigenvalue weighted by molar-refractivity contribution is -0.531. The van der Waals surface area contributed by atoms with E-state index in [1.54, 1.807) is 72.8 Å². The van der Waals surface area contributed by atoms with Crippen LogP contribution in [0.15, 0.2) is 97.1 Å². The topological polar surface area (TPSA) is 77.3 Å². The van der Waals surface area contributed by atoms with Crippen molar-refractivity contribution in [3.8, 4) is 0 Å². The van der Waals surface area contributed by atoms with Gasteiger partial charge in [-0.25, -0.2) is 0 Å². The Kier molecular flexibility index (Phi) is 8.64. The number of benzene rings is 4. The lowest BCUT2D eigenvalue weighted by Crippen LogP contribution is -2.51. The highest BCUT2D eigenvalue weighted by molar-refractivity contribution is 8.02. The molecule has 5 atom stereocenters. The first kappa shape index (κ1) is 29.1. The van der Waals surface area contributed by atoms with E-state index in [0.717, 1.165) is 11.1 Å². The Morgan fingerprint density at radius 1 is 0.634 bits per heavy atom. The second kappa shape index (κ2) is 12.2. The van der Waals surface area contributed by atoms with Gasteiger partial charge in [0.15, 0.2) is 11.6 Å². The fourth-order valence-corrected chi connectivity index (χ4v) is 7.56. The second-order valence-electron chi connectivity index (χ2n) is 10.4. The maximum absolute atomic E-state index is 14.2. The number of nitrogens with zero attached hydrogens (tertiary/aromatic N) is 1. The minimum Gasteiger partial charge on any atom is -0.293 e. The molecule has 0 aliphatic carbocycles. The van der Waals surface area contributed by atoms with E-state index in [1.165, 1.54) is 11.8 Å². The van der Waals surface area contributed by atoms with Gasteiger partial charge in [-0.15, -0.1) is 11.8 Å². The molecule has 208 valence electrons. The van der Waals surface area contributed by atoms with Crippen LogP contribution in [0, 0.1) is 24.0 Å². The fraction of sp³-hybridized carbons (Fsp3) is 0.212. The smallest absolute Gasteiger partial charge is 0.229 e. The Morgan fingerprint density at radius 2 is 0.976 bits per heavy atom. The van der Waals surface area contributed by atoms with Gasteiger partial charge in [-0.2, -0.15) is 0 Å². The first-order valence-corrected chi connectivity index (χ1v) is 14.9. The summed E-state index contributed by atoms with van der Waals surface area (Å²) in [5.74, 6) is -2.16. The first-order valence-electron chi connectivity index (χ1n) is 13.2. The first-order chi connectivity index (χ1) is 19.6. The highest BCUT2D eigenvalue weighted by Gasteiger charge is 2.57. The molecule has 1 heterocycles. The van der Waals surface area contributed by atoms with E-state index in [2.05, 4.69) is 0 Å². The van der Waals surface area contributed by atoms with Gasteiger partial charge in [0.05, 0.1) is 22.3 Å². The lowest BCUT2D eigenvalue weighted by Gasteiger charge is -2.42. The molecule has 1 fully saturated rings. The molecule has 0 saturated carbocycles. The molecule has 0 amide bonds. The van der Waals surface area contributed by atoms with Crippen molar-refractivity contribution in [1.29, 1.82) is 0 Å². The maximum atomic E-state index is 14.2. The summed E-state index contributed by atoms with van der Waals surface area (Å²) in [4.78, 5) is 41.1. The molecule has 4 aromatic rings. The maximum Gasteiger partial charge on any atom is 0.229 e. The van der Waals surface area contributed by atoms with E-state index < -0.39 is 28.4 Å². The predicted octanol–water partition coefficient (Wildman–Crippen LogP) is 8.37. The van der Waals surface area contributed by atoms with Crippen molar-refractivity contribution in [1.82, 2.24) is 0 Å². The van der Waals surface area contributed by atoms with Gasteiger partial charge in [-0.05, 0) is 49.2 Å². The summed E-state index contributed by atoms with van der Waals surface area (Å²) < 4.78 is 0. The minimum absolute atomic E-state index is 0.252. The van der Waals surface area contributed by atoms with Crippen molar-refractivity contribution in [2.75, 3.05) is 0 Å². The van der Waals surface area contributed by atoms with Gasteiger partial charge in [0, 0.05) is 26.1 Å².